The second-order valence-electron chi connectivity index (χ2n) is 5.47. The molecule has 23 heavy (non-hydrogen) atoms. The van der Waals surface area contributed by atoms with Crippen LogP contribution >= 0.6 is 0 Å². The van der Waals surface area contributed by atoms with Crippen LogP contribution in [0.3, 0.4) is 0 Å². The van der Waals surface area contributed by atoms with Gasteiger partial charge in [-0.25, -0.2) is 4.79 Å². The average Bonchev–Trinajstić information content (AvgIpc) is 2.51. The minimum absolute atomic E-state index is 0.0431. The number of aryl methyl sites for hydroxylation is 2. The quantitative estimate of drug-likeness (QED) is 0.902. The van der Waals surface area contributed by atoms with Crippen molar-refractivity contribution in [3.05, 3.63) is 53.6 Å². The molecule has 5 heteroatoms. The van der Waals surface area contributed by atoms with Crippen LogP contribution in [0, 0.1) is 13.8 Å². The van der Waals surface area contributed by atoms with Gasteiger partial charge in [0.05, 0.1) is 0 Å². The van der Waals surface area contributed by atoms with Crippen molar-refractivity contribution < 1.29 is 9.59 Å². The first-order valence-electron chi connectivity index (χ1n) is 7.37. The highest BCUT2D eigenvalue weighted by atomic mass is 16.2. The van der Waals surface area contributed by atoms with Crippen LogP contribution in [-0.2, 0) is 4.79 Å². The molecular formula is C18H21N3O2. The Kier molecular flexibility index (Phi) is 5.01. The van der Waals surface area contributed by atoms with Crippen molar-refractivity contribution in [2.75, 3.05) is 22.6 Å². The highest BCUT2D eigenvalue weighted by Gasteiger charge is 2.08. The number of carbonyl (C=O) groups excluding carboxylic acids is 2. The van der Waals surface area contributed by atoms with E-state index in [0.29, 0.717) is 5.69 Å². The number of rotatable bonds is 3. The lowest BCUT2D eigenvalue weighted by atomic mass is 10.1. The molecule has 2 N–H and O–H groups in total. The smallest absolute Gasteiger partial charge is 0.316 e. The number of urea groups is 1. The van der Waals surface area contributed by atoms with Gasteiger partial charge in [-0.1, -0.05) is 18.2 Å². The molecule has 2 aromatic carbocycles. The van der Waals surface area contributed by atoms with E-state index in [1.54, 1.807) is 36.2 Å². The van der Waals surface area contributed by atoms with Gasteiger partial charge in [-0.3, -0.25) is 4.79 Å². The summed E-state index contributed by atoms with van der Waals surface area (Å²) >= 11 is 0. The van der Waals surface area contributed by atoms with Crippen LogP contribution in [-0.4, -0.2) is 19.0 Å². The van der Waals surface area contributed by atoms with Gasteiger partial charge >= 0.3 is 6.03 Å². The summed E-state index contributed by atoms with van der Waals surface area (Å²) in [4.78, 5) is 25.0. The minimum atomic E-state index is -0.296. The maximum atomic E-state index is 12.1. The van der Waals surface area contributed by atoms with Gasteiger partial charge in [0.2, 0.25) is 5.91 Å². The van der Waals surface area contributed by atoms with Crippen LogP contribution in [0.1, 0.15) is 18.1 Å². The molecule has 5 nitrogen and oxygen atoms in total. The number of nitrogens with zero attached hydrogens (tertiary/aromatic N) is 1. The molecule has 0 heterocycles. The summed E-state index contributed by atoms with van der Waals surface area (Å²) in [7, 11) is 1.71. The number of hydrogen-bond donors (Lipinski definition) is 2. The van der Waals surface area contributed by atoms with E-state index in [1.807, 2.05) is 32.0 Å². The number of hydrogen-bond acceptors (Lipinski definition) is 2. The fourth-order valence-electron chi connectivity index (χ4n) is 2.24. The molecule has 0 saturated heterocycles. The molecule has 0 radical (unpaired) electrons. The molecule has 2 aromatic rings. The Morgan fingerprint density at radius 2 is 1.48 bits per heavy atom. The molecule has 0 aliphatic carbocycles. The predicted octanol–water partition coefficient (Wildman–Crippen LogP) is 3.93. The molecule has 0 unspecified atom stereocenters. The molecule has 0 aliphatic rings. The summed E-state index contributed by atoms with van der Waals surface area (Å²) in [5.41, 5.74) is 4.28. The Bertz CT molecular complexity index is 703. The third-order valence-electron chi connectivity index (χ3n) is 3.70. The number of para-hydroxylation sites is 1. The van der Waals surface area contributed by atoms with Crippen molar-refractivity contribution in [2.24, 2.45) is 0 Å². The highest BCUT2D eigenvalue weighted by molar-refractivity contribution is 6.01. The van der Waals surface area contributed by atoms with Gasteiger partial charge in [0.25, 0.3) is 0 Å². The molecule has 0 saturated carbocycles. The Morgan fingerprint density at radius 1 is 0.913 bits per heavy atom. The summed E-state index contributed by atoms with van der Waals surface area (Å²) < 4.78 is 0. The van der Waals surface area contributed by atoms with Crippen molar-refractivity contribution >= 4 is 29.0 Å². The number of amides is 3. The average molecular weight is 311 g/mol. The zero-order chi connectivity index (χ0) is 17.0. The van der Waals surface area contributed by atoms with Gasteiger partial charge < -0.3 is 15.5 Å². The first-order valence-corrected chi connectivity index (χ1v) is 7.37. The molecule has 0 spiro atoms. The van der Waals surface area contributed by atoms with Crippen molar-refractivity contribution in [2.45, 2.75) is 20.8 Å². The van der Waals surface area contributed by atoms with E-state index in [9.17, 15) is 9.59 Å². The van der Waals surface area contributed by atoms with E-state index in [0.717, 1.165) is 22.5 Å². The molecular weight excluding hydrogens is 290 g/mol. The van der Waals surface area contributed by atoms with Crippen molar-refractivity contribution in [3.63, 3.8) is 0 Å². The Labute approximate surface area is 136 Å². The number of carbonyl (C=O) groups is 2. The van der Waals surface area contributed by atoms with Gasteiger partial charge in [0.15, 0.2) is 0 Å². The van der Waals surface area contributed by atoms with E-state index in [4.69, 9.17) is 0 Å². The summed E-state index contributed by atoms with van der Waals surface area (Å²) in [6, 6.07) is 12.7. The highest BCUT2D eigenvalue weighted by Crippen LogP contribution is 2.20. The van der Waals surface area contributed by atoms with Crippen LogP contribution in [0.2, 0.25) is 0 Å². The topological polar surface area (TPSA) is 61.4 Å². The summed E-state index contributed by atoms with van der Waals surface area (Å²) in [6.07, 6.45) is 0. The summed E-state index contributed by atoms with van der Waals surface area (Å²) in [6.45, 7) is 5.41. The standard InChI is InChI=1S/C18H21N3O2/c1-12-6-5-7-13(2)17(12)20-18(23)19-15-8-10-16(11-9-15)21(4)14(3)22/h5-11H,1-4H3,(H2,19,20,23). The van der Waals surface area contributed by atoms with E-state index < -0.39 is 0 Å². The first kappa shape index (κ1) is 16.5. The van der Waals surface area contributed by atoms with E-state index in [-0.39, 0.29) is 11.9 Å². The number of benzene rings is 2. The van der Waals surface area contributed by atoms with Crippen LogP contribution < -0.4 is 15.5 Å². The monoisotopic (exact) mass is 311 g/mol. The Hall–Kier alpha value is -2.82. The molecule has 120 valence electrons. The molecule has 0 aliphatic heterocycles. The van der Waals surface area contributed by atoms with Crippen molar-refractivity contribution in [1.29, 1.82) is 0 Å². The zero-order valence-corrected chi connectivity index (χ0v) is 13.8. The predicted molar refractivity (Wildman–Crippen MR) is 94.1 cm³/mol. The lowest BCUT2D eigenvalue weighted by molar-refractivity contribution is -0.116. The fourth-order valence-corrected chi connectivity index (χ4v) is 2.24. The largest absolute Gasteiger partial charge is 0.323 e. The maximum Gasteiger partial charge on any atom is 0.323 e. The van der Waals surface area contributed by atoms with Crippen LogP contribution in [0.4, 0.5) is 21.9 Å². The van der Waals surface area contributed by atoms with Crippen LogP contribution in [0.15, 0.2) is 42.5 Å². The van der Waals surface area contributed by atoms with Gasteiger partial charge in [-0.2, -0.15) is 0 Å². The molecule has 0 atom stereocenters. The zero-order valence-electron chi connectivity index (χ0n) is 13.8. The van der Waals surface area contributed by atoms with E-state index in [2.05, 4.69) is 10.6 Å². The van der Waals surface area contributed by atoms with Crippen molar-refractivity contribution in [1.82, 2.24) is 0 Å². The lowest BCUT2D eigenvalue weighted by Crippen LogP contribution is -2.23. The summed E-state index contributed by atoms with van der Waals surface area (Å²) in [5.74, 6) is -0.0431. The molecule has 0 fully saturated rings. The van der Waals surface area contributed by atoms with Crippen LogP contribution in [0.25, 0.3) is 0 Å². The summed E-state index contributed by atoms with van der Waals surface area (Å²) in [5, 5.41) is 5.65. The van der Waals surface area contributed by atoms with Gasteiger partial charge in [-0.15, -0.1) is 0 Å². The SMILES string of the molecule is CC(=O)N(C)c1ccc(NC(=O)Nc2c(C)cccc2C)cc1. The van der Waals surface area contributed by atoms with Gasteiger partial charge in [0.1, 0.15) is 0 Å². The third-order valence-corrected chi connectivity index (χ3v) is 3.70. The molecule has 0 aromatic heterocycles. The van der Waals surface area contributed by atoms with Crippen LogP contribution in [0.5, 0.6) is 0 Å². The minimum Gasteiger partial charge on any atom is -0.316 e. The van der Waals surface area contributed by atoms with E-state index in [1.165, 1.54) is 6.92 Å². The molecule has 2 rings (SSSR count). The second kappa shape index (κ2) is 6.96. The maximum absolute atomic E-state index is 12.1. The lowest BCUT2D eigenvalue weighted by Gasteiger charge is -2.16. The van der Waals surface area contributed by atoms with Gasteiger partial charge in [-0.05, 0) is 49.2 Å². The number of anilines is 3. The third kappa shape index (κ3) is 4.10. The Morgan fingerprint density at radius 3 is 2.00 bits per heavy atom. The Balaban J connectivity index is 2.05. The normalized spacial score (nSPS) is 10.1. The van der Waals surface area contributed by atoms with E-state index >= 15 is 0 Å². The molecule has 0 bridgehead atoms. The number of nitrogens with one attached hydrogen (secondary N) is 2. The first-order chi connectivity index (χ1) is 10.9. The second-order valence-corrected chi connectivity index (χ2v) is 5.47. The van der Waals surface area contributed by atoms with Gasteiger partial charge in [0, 0.05) is 31.0 Å². The van der Waals surface area contributed by atoms with Crippen molar-refractivity contribution in [3.8, 4) is 0 Å². The fraction of sp³-hybridized carbons (Fsp3) is 0.222. The molecule has 3 amide bonds.